The highest BCUT2D eigenvalue weighted by molar-refractivity contribution is 6.07. The molecule has 0 radical (unpaired) electrons. The number of carbonyl (C=O) groups excluding carboxylic acids is 1. The number of benzene rings is 2. The molecule has 0 heterocycles. The third-order valence-electron chi connectivity index (χ3n) is 3.64. The Labute approximate surface area is 149 Å². The maximum atomic E-state index is 12.3. The molecule has 4 nitrogen and oxygen atoms in total. The van der Waals surface area contributed by atoms with Crippen LogP contribution in [0.2, 0.25) is 0 Å². The topological polar surface area (TPSA) is 38.8 Å². The van der Waals surface area contributed by atoms with Crippen molar-refractivity contribution >= 4 is 17.5 Å². The van der Waals surface area contributed by atoms with Crippen molar-refractivity contribution in [1.82, 2.24) is 0 Å². The van der Waals surface area contributed by atoms with E-state index in [0.717, 1.165) is 11.3 Å². The van der Waals surface area contributed by atoms with Gasteiger partial charge >= 0.3 is 0 Å². The summed E-state index contributed by atoms with van der Waals surface area (Å²) in [5.41, 5.74) is 2.57. The average Bonchev–Trinajstić information content (AvgIpc) is 2.64. The van der Waals surface area contributed by atoms with Crippen LogP contribution in [0.1, 0.15) is 15.9 Å². The molecule has 0 aromatic heterocycles. The number of carbonyl (C=O) groups is 1. The van der Waals surface area contributed by atoms with Gasteiger partial charge in [-0.25, -0.2) is 0 Å². The highest BCUT2D eigenvalue weighted by atomic mass is 16.5. The Balaban J connectivity index is 2.12. The standard InChI is InChI=1S/C21H23NO3/c1-5-14-25-20-13-7-16(15-21(20)24-4)6-12-19(23)17-8-10-18(11-9-17)22(2)3/h5-13,15H,1,14H2,2-4H3/b12-6+. The molecule has 2 aromatic rings. The minimum atomic E-state index is -0.0451. The van der Waals surface area contributed by atoms with Gasteiger partial charge in [0.1, 0.15) is 6.61 Å². The SMILES string of the molecule is C=CCOc1ccc(/C=C/C(=O)c2ccc(N(C)C)cc2)cc1OC. The number of rotatable bonds is 8. The summed E-state index contributed by atoms with van der Waals surface area (Å²) in [6.45, 7) is 4.03. The molecule has 25 heavy (non-hydrogen) atoms. The lowest BCUT2D eigenvalue weighted by Crippen LogP contribution is -2.08. The van der Waals surface area contributed by atoms with Crippen molar-refractivity contribution < 1.29 is 14.3 Å². The second-order valence-electron chi connectivity index (χ2n) is 5.65. The van der Waals surface area contributed by atoms with Gasteiger partial charge in [0.05, 0.1) is 7.11 Å². The van der Waals surface area contributed by atoms with Crippen molar-refractivity contribution in [1.29, 1.82) is 0 Å². The molecule has 0 atom stereocenters. The first-order chi connectivity index (χ1) is 12.0. The highest BCUT2D eigenvalue weighted by Crippen LogP contribution is 2.28. The van der Waals surface area contributed by atoms with E-state index in [-0.39, 0.29) is 5.78 Å². The van der Waals surface area contributed by atoms with Crippen molar-refractivity contribution in [3.05, 3.63) is 72.3 Å². The molecule has 0 amide bonds. The van der Waals surface area contributed by atoms with Gasteiger partial charge in [-0.1, -0.05) is 24.8 Å². The summed E-state index contributed by atoms with van der Waals surface area (Å²) in [5.74, 6) is 1.22. The Morgan fingerprint density at radius 1 is 1.12 bits per heavy atom. The normalized spacial score (nSPS) is 10.5. The maximum Gasteiger partial charge on any atom is 0.185 e. The first kappa shape index (κ1) is 18.3. The van der Waals surface area contributed by atoms with Crippen molar-refractivity contribution in [3.63, 3.8) is 0 Å². The number of hydrogen-bond donors (Lipinski definition) is 0. The molecule has 2 aromatic carbocycles. The van der Waals surface area contributed by atoms with Crippen LogP contribution in [0.3, 0.4) is 0 Å². The lowest BCUT2D eigenvalue weighted by atomic mass is 10.1. The third-order valence-corrected chi connectivity index (χ3v) is 3.64. The molecule has 0 spiro atoms. The fraction of sp³-hybridized carbons (Fsp3) is 0.190. The zero-order valence-electron chi connectivity index (χ0n) is 14.9. The Hall–Kier alpha value is -3.01. The van der Waals surface area contributed by atoms with Crippen LogP contribution in [0.5, 0.6) is 11.5 Å². The van der Waals surface area contributed by atoms with E-state index in [4.69, 9.17) is 9.47 Å². The smallest absolute Gasteiger partial charge is 0.185 e. The van der Waals surface area contributed by atoms with Gasteiger partial charge in [0.25, 0.3) is 0 Å². The molecule has 0 saturated carbocycles. The van der Waals surface area contributed by atoms with Gasteiger partial charge in [0.2, 0.25) is 0 Å². The van der Waals surface area contributed by atoms with E-state index in [1.54, 1.807) is 25.3 Å². The molecule has 4 heteroatoms. The minimum absolute atomic E-state index is 0.0451. The number of nitrogens with zero attached hydrogens (tertiary/aromatic N) is 1. The number of ether oxygens (including phenoxy) is 2. The van der Waals surface area contributed by atoms with Crippen LogP contribution in [0.15, 0.2) is 61.2 Å². The number of ketones is 1. The van der Waals surface area contributed by atoms with Gasteiger partial charge in [-0.2, -0.15) is 0 Å². The summed E-state index contributed by atoms with van der Waals surface area (Å²) < 4.78 is 10.8. The van der Waals surface area contributed by atoms with Crippen LogP contribution in [0.4, 0.5) is 5.69 Å². The van der Waals surface area contributed by atoms with Crippen molar-refractivity contribution in [3.8, 4) is 11.5 Å². The predicted octanol–water partition coefficient (Wildman–Crippen LogP) is 4.22. The fourth-order valence-corrected chi connectivity index (χ4v) is 2.25. The second kappa shape index (κ2) is 8.73. The lowest BCUT2D eigenvalue weighted by molar-refractivity contribution is 0.104. The molecule has 0 aliphatic rings. The first-order valence-electron chi connectivity index (χ1n) is 7.96. The Kier molecular flexibility index (Phi) is 6.40. The molecule has 0 aliphatic heterocycles. The summed E-state index contributed by atoms with van der Waals surface area (Å²) in [7, 11) is 5.51. The first-order valence-corrected chi connectivity index (χ1v) is 7.96. The summed E-state index contributed by atoms with van der Waals surface area (Å²) in [6, 6.07) is 13.0. The molecular weight excluding hydrogens is 314 g/mol. The van der Waals surface area contributed by atoms with Gasteiger partial charge in [-0.3, -0.25) is 4.79 Å². The molecule has 0 fully saturated rings. The fourth-order valence-electron chi connectivity index (χ4n) is 2.25. The summed E-state index contributed by atoms with van der Waals surface area (Å²) in [6.07, 6.45) is 5.00. The van der Waals surface area contributed by atoms with Crippen LogP contribution >= 0.6 is 0 Å². The van der Waals surface area contributed by atoms with Gasteiger partial charge in [-0.15, -0.1) is 0 Å². The molecule has 0 unspecified atom stereocenters. The predicted molar refractivity (Wildman–Crippen MR) is 103 cm³/mol. The van der Waals surface area contributed by atoms with Crippen LogP contribution in [-0.2, 0) is 0 Å². The summed E-state index contributed by atoms with van der Waals surface area (Å²) in [5, 5.41) is 0. The third kappa shape index (κ3) is 4.98. The quantitative estimate of drug-likeness (QED) is 0.411. The van der Waals surface area contributed by atoms with E-state index >= 15 is 0 Å². The lowest BCUT2D eigenvalue weighted by Gasteiger charge is -2.12. The molecule has 0 bridgehead atoms. The Bertz CT molecular complexity index is 761. The molecule has 130 valence electrons. The van der Waals surface area contributed by atoms with Crippen LogP contribution in [0.25, 0.3) is 6.08 Å². The van der Waals surface area contributed by atoms with E-state index < -0.39 is 0 Å². The highest BCUT2D eigenvalue weighted by Gasteiger charge is 2.06. The second-order valence-corrected chi connectivity index (χ2v) is 5.65. The van der Waals surface area contributed by atoms with Gasteiger partial charge in [0, 0.05) is 25.3 Å². The number of allylic oxidation sites excluding steroid dienone is 1. The van der Waals surface area contributed by atoms with E-state index in [0.29, 0.717) is 23.7 Å². The molecule has 0 N–H and O–H groups in total. The summed E-state index contributed by atoms with van der Waals surface area (Å²) >= 11 is 0. The van der Waals surface area contributed by atoms with Crippen LogP contribution < -0.4 is 14.4 Å². The molecule has 0 saturated heterocycles. The largest absolute Gasteiger partial charge is 0.493 e. The molecule has 0 aliphatic carbocycles. The van der Waals surface area contributed by atoms with Crippen LogP contribution in [-0.4, -0.2) is 33.6 Å². The zero-order chi connectivity index (χ0) is 18.2. The van der Waals surface area contributed by atoms with E-state index in [1.807, 2.05) is 61.5 Å². The molecule has 2 rings (SSSR count). The van der Waals surface area contributed by atoms with Crippen molar-refractivity contribution in [2.45, 2.75) is 0 Å². The van der Waals surface area contributed by atoms with Crippen molar-refractivity contribution in [2.24, 2.45) is 0 Å². The van der Waals surface area contributed by atoms with E-state index in [9.17, 15) is 4.79 Å². The molecular formula is C21H23NO3. The summed E-state index contributed by atoms with van der Waals surface area (Å²) in [4.78, 5) is 14.3. The van der Waals surface area contributed by atoms with Gasteiger partial charge in [-0.05, 0) is 48.0 Å². The van der Waals surface area contributed by atoms with Gasteiger partial charge < -0.3 is 14.4 Å². The Morgan fingerprint density at radius 3 is 2.44 bits per heavy atom. The van der Waals surface area contributed by atoms with Crippen molar-refractivity contribution in [2.75, 3.05) is 32.7 Å². The minimum Gasteiger partial charge on any atom is -0.493 e. The monoisotopic (exact) mass is 337 g/mol. The van der Waals surface area contributed by atoms with Gasteiger partial charge in [0.15, 0.2) is 17.3 Å². The van der Waals surface area contributed by atoms with E-state index in [2.05, 4.69) is 6.58 Å². The average molecular weight is 337 g/mol. The zero-order valence-corrected chi connectivity index (χ0v) is 14.9. The van der Waals surface area contributed by atoms with Crippen LogP contribution in [0, 0.1) is 0 Å². The Morgan fingerprint density at radius 2 is 1.84 bits per heavy atom. The number of anilines is 1. The number of hydrogen-bond acceptors (Lipinski definition) is 4. The maximum absolute atomic E-state index is 12.3. The number of methoxy groups -OCH3 is 1. The van der Waals surface area contributed by atoms with E-state index in [1.165, 1.54) is 0 Å².